The summed E-state index contributed by atoms with van der Waals surface area (Å²) >= 11 is -1.69. The van der Waals surface area contributed by atoms with Crippen LogP contribution in [-0.4, -0.2) is 21.1 Å². The molecule has 0 amide bonds. The van der Waals surface area contributed by atoms with Gasteiger partial charge in [0.15, 0.2) is 11.1 Å². The fourth-order valence-electron chi connectivity index (χ4n) is 1.03. The minimum atomic E-state index is -1.69. The second-order valence-electron chi connectivity index (χ2n) is 2.93. The molecule has 0 aliphatic heterocycles. The van der Waals surface area contributed by atoms with E-state index in [1.165, 1.54) is 0 Å². The van der Waals surface area contributed by atoms with Gasteiger partial charge in [0.25, 0.3) is 0 Å². The number of anilines is 2. The second-order valence-corrected chi connectivity index (χ2v) is 3.98. The molecular weight excluding hydrogens is 200 g/mol. The van der Waals surface area contributed by atoms with E-state index in [1.54, 1.807) is 0 Å². The number of nitrogen functional groups attached to an aromatic ring is 1. The molecule has 1 atom stereocenters. The van der Waals surface area contributed by atoms with Gasteiger partial charge in [-0.05, 0) is 30.7 Å². The Balaban J connectivity index is 2.25. The third-order valence-electron chi connectivity index (χ3n) is 1.74. The highest BCUT2D eigenvalue weighted by Crippen LogP contribution is 2.09. The highest BCUT2D eigenvalue weighted by atomic mass is 32.2. The van der Waals surface area contributed by atoms with E-state index in [9.17, 15) is 4.21 Å². The zero-order valence-electron chi connectivity index (χ0n) is 7.77. The van der Waals surface area contributed by atoms with E-state index in [1.807, 2.05) is 24.3 Å². The zero-order valence-corrected chi connectivity index (χ0v) is 8.59. The second kappa shape index (κ2) is 5.62. The maximum atomic E-state index is 10.3. The summed E-state index contributed by atoms with van der Waals surface area (Å²) in [4.78, 5) is 0. The van der Waals surface area contributed by atoms with Crippen molar-refractivity contribution in [2.24, 2.45) is 0 Å². The quantitative estimate of drug-likeness (QED) is 0.392. The monoisotopic (exact) mass is 214 g/mol. The molecule has 0 heterocycles. The predicted molar refractivity (Wildman–Crippen MR) is 59.6 cm³/mol. The van der Waals surface area contributed by atoms with Crippen molar-refractivity contribution in [2.45, 2.75) is 6.42 Å². The van der Waals surface area contributed by atoms with Crippen molar-refractivity contribution in [2.75, 3.05) is 23.3 Å². The Labute approximate surface area is 85.8 Å². The van der Waals surface area contributed by atoms with Crippen molar-refractivity contribution in [3.8, 4) is 0 Å². The van der Waals surface area contributed by atoms with Gasteiger partial charge in [-0.2, -0.15) is 0 Å². The van der Waals surface area contributed by atoms with E-state index in [4.69, 9.17) is 10.3 Å². The smallest absolute Gasteiger partial charge is 0.152 e. The Hall–Kier alpha value is -1.07. The van der Waals surface area contributed by atoms with E-state index in [0.29, 0.717) is 18.7 Å². The molecule has 0 bridgehead atoms. The first kappa shape index (κ1) is 11.0. The van der Waals surface area contributed by atoms with Crippen LogP contribution < -0.4 is 11.1 Å². The summed E-state index contributed by atoms with van der Waals surface area (Å²) < 4.78 is 18.8. The first-order valence-corrected chi connectivity index (χ1v) is 5.63. The van der Waals surface area contributed by atoms with E-state index < -0.39 is 11.1 Å². The number of nitrogens with one attached hydrogen (secondary N) is 1. The minimum absolute atomic E-state index is 0.308. The van der Waals surface area contributed by atoms with Crippen LogP contribution in [0, 0.1) is 0 Å². The van der Waals surface area contributed by atoms with Gasteiger partial charge in [-0.15, -0.1) is 0 Å². The molecule has 0 fully saturated rings. The molecule has 0 aliphatic carbocycles. The van der Waals surface area contributed by atoms with Gasteiger partial charge < -0.3 is 15.6 Å². The van der Waals surface area contributed by atoms with Gasteiger partial charge in [-0.3, -0.25) is 0 Å². The lowest BCUT2D eigenvalue weighted by molar-refractivity contribution is 0.562. The Morgan fingerprint density at radius 1 is 1.36 bits per heavy atom. The van der Waals surface area contributed by atoms with Crippen LogP contribution in [-0.2, 0) is 11.1 Å². The molecule has 0 aliphatic rings. The van der Waals surface area contributed by atoms with Crippen molar-refractivity contribution >= 4 is 22.5 Å². The van der Waals surface area contributed by atoms with Gasteiger partial charge in [0.2, 0.25) is 0 Å². The van der Waals surface area contributed by atoms with Crippen molar-refractivity contribution in [1.29, 1.82) is 0 Å². The lowest BCUT2D eigenvalue weighted by atomic mass is 10.3. The van der Waals surface area contributed by atoms with Crippen molar-refractivity contribution in [3.05, 3.63) is 24.3 Å². The van der Waals surface area contributed by atoms with Crippen LogP contribution in [0.15, 0.2) is 24.3 Å². The molecule has 1 unspecified atom stereocenters. The van der Waals surface area contributed by atoms with Crippen LogP contribution in [0.4, 0.5) is 11.4 Å². The van der Waals surface area contributed by atoms with Gasteiger partial charge >= 0.3 is 0 Å². The summed E-state index contributed by atoms with van der Waals surface area (Å²) in [6, 6.07) is 7.38. The fraction of sp³-hybridized carbons (Fsp3) is 0.333. The Bertz CT molecular complexity index is 300. The highest BCUT2D eigenvalue weighted by molar-refractivity contribution is 7.79. The summed E-state index contributed by atoms with van der Waals surface area (Å²) in [6.07, 6.45) is 0.674. The number of hydrogen-bond donors (Lipinski definition) is 3. The third kappa shape index (κ3) is 4.25. The van der Waals surface area contributed by atoms with Gasteiger partial charge in [0, 0.05) is 17.9 Å². The fourth-order valence-corrected chi connectivity index (χ4v) is 1.42. The molecule has 1 aromatic carbocycles. The van der Waals surface area contributed by atoms with Crippen molar-refractivity contribution in [3.63, 3.8) is 0 Å². The molecule has 0 radical (unpaired) electrons. The minimum Gasteiger partial charge on any atom is -0.399 e. The largest absolute Gasteiger partial charge is 0.399 e. The number of rotatable bonds is 5. The summed E-state index contributed by atoms with van der Waals surface area (Å²) in [5.74, 6) is 0.308. The Morgan fingerprint density at radius 2 is 2.00 bits per heavy atom. The molecule has 1 rings (SSSR count). The first-order chi connectivity index (χ1) is 6.68. The topological polar surface area (TPSA) is 75.3 Å². The van der Waals surface area contributed by atoms with E-state index in [2.05, 4.69) is 5.32 Å². The summed E-state index contributed by atoms with van der Waals surface area (Å²) in [5, 5.41) is 3.13. The SMILES string of the molecule is Nc1ccc(NCCCS(=O)O)cc1. The molecule has 0 aromatic heterocycles. The summed E-state index contributed by atoms with van der Waals surface area (Å²) in [7, 11) is 0. The van der Waals surface area contributed by atoms with Gasteiger partial charge in [0.05, 0.1) is 5.75 Å². The van der Waals surface area contributed by atoms with Gasteiger partial charge in [0.1, 0.15) is 0 Å². The molecule has 0 saturated carbocycles. The van der Waals surface area contributed by atoms with Crippen molar-refractivity contribution < 1.29 is 8.76 Å². The van der Waals surface area contributed by atoms with E-state index >= 15 is 0 Å². The maximum absolute atomic E-state index is 10.3. The number of hydrogen-bond acceptors (Lipinski definition) is 3. The Morgan fingerprint density at radius 3 is 2.57 bits per heavy atom. The van der Waals surface area contributed by atoms with Crippen LogP contribution in [0.5, 0.6) is 0 Å². The van der Waals surface area contributed by atoms with Crippen LogP contribution in [0.25, 0.3) is 0 Å². The van der Waals surface area contributed by atoms with Gasteiger partial charge in [-0.25, -0.2) is 4.21 Å². The summed E-state index contributed by atoms with van der Waals surface area (Å²) in [5.41, 5.74) is 7.22. The lowest BCUT2D eigenvalue weighted by Crippen LogP contribution is -2.06. The Kier molecular flexibility index (Phi) is 4.42. The van der Waals surface area contributed by atoms with Gasteiger partial charge in [-0.1, -0.05) is 0 Å². The number of nitrogens with two attached hydrogens (primary N) is 1. The predicted octanol–water partition coefficient (Wildman–Crippen LogP) is 1.29. The van der Waals surface area contributed by atoms with E-state index in [-0.39, 0.29) is 0 Å². The van der Waals surface area contributed by atoms with Crippen LogP contribution in [0.1, 0.15) is 6.42 Å². The van der Waals surface area contributed by atoms with Crippen LogP contribution in [0.2, 0.25) is 0 Å². The first-order valence-electron chi connectivity index (χ1n) is 4.35. The highest BCUT2D eigenvalue weighted by Gasteiger charge is 1.94. The maximum Gasteiger partial charge on any atom is 0.152 e. The average molecular weight is 214 g/mol. The average Bonchev–Trinajstić information content (AvgIpc) is 2.15. The molecule has 1 aromatic rings. The molecule has 14 heavy (non-hydrogen) atoms. The molecule has 4 N–H and O–H groups in total. The molecule has 78 valence electrons. The standard InChI is InChI=1S/C9H14N2O2S/c10-8-2-4-9(5-3-8)11-6-1-7-14(12)13/h2-5,11H,1,6-7,10H2,(H,12,13). The molecule has 0 saturated heterocycles. The number of benzene rings is 1. The van der Waals surface area contributed by atoms with Crippen LogP contribution in [0.3, 0.4) is 0 Å². The van der Waals surface area contributed by atoms with Crippen molar-refractivity contribution in [1.82, 2.24) is 0 Å². The molecule has 0 spiro atoms. The molecule has 4 nitrogen and oxygen atoms in total. The molecular formula is C9H14N2O2S. The molecule has 5 heteroatoms. The third-order valence-corrected chi connectivity index (χ3v) is 2.37. The summed E-state index contributed by atoms with van der Waals surface area (Å²) in [6.45, 7) is 0.691. The van der Waals surface area contributed by atoms with Crippen LogP contribution >= 0.6 is 0 Å². The van der Waals surface area contributed by atoms with E-state index in [0.717, 1.165) is 11.4 Å². The normalized spacial score (nSPS) is 12.4. The zero-order chi connectivity index (χ0) is 10.4. The lowest BCUT2D eigenvalue weighted by Gasteiger charge is -2.05.